The fourth-order valence-corrected chi connectivity index (χ4v) is 1.68. The lowest BCUT2D eigenvalue weighted by Crippen LogP contribution is -1.95. The summed E-state index contributed by atoms with van der Waals surface area (Å²) in [7, 11) is 1.43. The summed E-state index contributed by atoms with van der Waals surface area (Å²) in [6, 6.07) is 10.9. The maximum atomic E-state index is 12.0. The molecule has 0 fully saturated rings. The molecule has 2 aromatic carbocycles. The molecule has 2 N–H and O–H groups in total. The first-order chi connectivity index (χ1) is 9.60. The average molecular weight is 270 g/mol. The summed E-state index contributed by atoms with van der Waals surface area (Å²) in [6.45, 7) is 0. The summed E-state index contributed by atoms with van der Waals surface area (Å²) < 4.78 is 4.96. The predicted octanol–water partition coefficient (Wildman–Crippen LogP) is 3.00. The number of phenols is 2. The van der Waals surface area contributed by atoms with Crippen molar-refractivity contribution in [1.82, 2.24) is 0 Å². The van der Waals surface area contributed by atoms with Gasteiger partial charge in [-0.25, -0.2) is 0 Å². The molecule has 0 aliphatic carbocycles. The van der Waals surface area contributed by atoms with Crippen LogP contribution in [-0.4, -0.2) is 23.1 Å². The Labute approximate surface area is 116 Å². The fourth-order valence-electron chi connectivity index (χ4n) is 1.68. The van der Waals surface area contributed by atoms with E-state index in [1.807, 2.05) is 0 Å². The fraction of sp³-hybridized carbons (Fsp3) is 0.0625. The largest absolute Gasteiger partial charge is 0.508 e. The summed E-state index contributed by atoms with van der Waals surface area (Å²) >= 11 is 0. The van der Waals surface area contributed by atoms with Crippen molar-refractivity contribution in [3.63, 3.8) is 0 Å². The van der Waals surface area contributed by atoms with Crippen LogP contribution < -0.4 is 4.74 Å². The van der Waals surface area contributed by atoms with Crippen molar-refractivity contribution in [2.45, 2.75) is 0 Å². The maximum Gasteiger partial charge on any atom is 0.185 e. The highest BCUT2D eigenvalue weighted by Crippen LogP contribution is 2.26. The number of benzene rings is 2. The summed E-state index contributed by atoms with van der Waals surface area (Å²) in [6.07, 6.45) is 3.08. The summed E-state index contributed by atoms with van der Waals surface area (Å²) in [4.78, 5) is 12.0. The number of ketones is 1. The van der Waals surface area contributed by atoms with Gasteiger partial charge in [0.25, 0.3) is 0 Å². The molecule has 0 saturated carbocycles. The zero-order chi connectivity index (χ0) is 14.5. The first-order valence-corrected chi connectivity index (χ1v) is 5.98. The van der Waals surface area contributed by atoms with Crippen LogP contribution in [-0.2, 0) is 0 Å². The number of carbonyl (C=O) groups is 1. The van der Waals surface area contributed by atoms with E-state index >= 15 is 0 Å². The lowest BCUT2D eigenvalue weighted by molar-refractivity contribution is 0.104. The van der Waals surface area contributed by atoms with Gasteiger partial charge in [0.2, 0.25) is 0 Å². The molecule has 0 heterocycles. The smallest absolute Gasteiger partial charge is 0.185 e. The number of methoxy groups -OCH3 is 1. The van der Waals surface area contributed by atoms with Crippen molar-refractivity contribution in [2.24, 2.45) is 0 Å². The second kappa shape index (κ2) is 5.93. The average Bonchev–Trinajstić information content (AvgIpc) is 2.47. The van der Waals surface area contributed by atoms with Gasteiger partial charge in [0.05, 0.1) is 7.11 Å². The Hall–Kier alpha value is -2.75. The van der Waals surface area contributed by atoms with Gasteiger partial charge in [-0.2, -0.15) is 0 Å². The molecule has 4 heteroatoms. The van der Waals surface area contributed by atoms with Gasteiger partial charge in [0.15, 0.2) is 17.3 Å². The Balaban J connectivity index is 2.17. The van der Waals surface area contributed by atoms with Gasteiger partial charge in [-0.05, 0) is 42.0 Å². The normalized spacial score (nSPS) is 10.7. The molecule has 0 aliphatic heterocycles. The molecule has 0 amide bonds. The molecule has 0 unspecified atom stereocenters. The van der Waals surface area contributed by atoms with Crippen molar-refractivity contribution in [1.29, 1.82) is 0 Å². The molecule has 0 aliphatic rings. The molecule has 0 radical (unpaired) electrons. The number of rotatable bonds is 4. The van der Waals surface area contributed by atoms with Crippen LogP contribution in [0.1, 0.15) is 15.9 Å². The molecule has 0 aromatic heterocycles. The SMILES string of the molecule is COc1cc(C(=O)/C=C/c2ccc(O)cc2)ccc1O. The highest BCUT2D eigenvalue weighted by atomic mass is 16.5. The van der Waals surface area contributed by atoms with E-state index in [9.17, 15) is 9.90 Å². The second-order valence-electron chi connectivity index (χ2n) is 4.18. The zero-order valence-corrected chi connectivity index (χ0v) is 10.9. The minimum atomic E-state index is -0.198. The van der Waals surface area contributed by atoms with Crippen LogP contribution in [0.2, 0.25) is 0 Å². The van der Waals surface area contributed by atoms with Crippen LogP contribution in [0.15, 0.2) is 48.5 Å². The maximum absolute atomic E-state index is 12.0. The van der Waals surface area contributed by atoms with Crippen LogP contribution in [0, 0.1) is 0 Å². The number of ether oxygens (including phenoxy) is 1. The third-order valence-electron chi connectivity index (χ3n) is 2.78. The molecule has 4 nitrogen and oxygen atoms in total. The topological polar surface area (TPSA) is 66.8 Å². The molecular weight excluding hydrogens is 256 g/mol. The minimum Gasteiger partial charge on any atom is -0.508 e. The van der Waals surface area contributed by atoms with E-state index in [0.717, 1.165) is 5.56 Å². The van der Waals surface area contributed by atoms with E-state index in [4.69, 9.17) is 9.84 Å². The third-order valence-corrected chi connectivity index (χ3v) is 2.78. The van der Waals surface area contributed by atoms with Gasteiger partial charge in [-0.15, -0.1) is 0 Å². The second-order valence-corrected chi connectivity index (χ2v) is 4.18. The van der Waals surface area contributed by atoms with Crippen molar-refractivity contribution < 1.29 is 19.7 Å². The minimum absolute atomic E-state index is 0.00781. The van der Waals surface area contributed by atoms with E-state index < -0.39 is 0 Å². The van der Waals surface area contributed by atoms with Gasteiger partial charge in [-0.1, -0.05) is 18.2 Å². The molecule has 0 atom stereocenters. The molecule has 0 saturated heterocycles. The highest BCUT2D eigenvalue weighted by molar-refractivity contribution is 6.07. The zero-order valence-electron chi connectivity index (χ0n) is 10.9. The lowest BCUT2D eigenvalue weighted by atomic mass is 10.1. The van der Waals surface area contributed by atoms with E-state index in [-0.39, 0.29) is 23.0 Å². The van der Waals surface area contributed by atoms with Gasteiger partial charge in [0, 0.05) is 5.56 Å². The Bertz CT molecular complexity index is 642. The molecule has 2 rings (SSSR count). The van der Waals surface area contributed by atoms with Crippen LogP contribution >= 0.6 is 0 Å². The molecule has 2 aromatic rings. The van der Waals surface area contributed by atoms with E-state index in [2.05, 4.69) is 0 Å². The van der Waals surface area contributed by atoms with Crippen LogP contribution in [0.4, 0.5) is 0 Å². The Morgan fingerprint density at radius 3 is 2.45 bits per heavy atom. The van der Waals surface area contributed by atoms with Crippen LogP contribution in [0.25, 0.3) is 6.08 Å². The standard InChI is InChI=1S/C16H14O4/c1-20-16-10-12(5-9-15(16)19)14(18)8-4-11-2-6-13(17)7-3-11/h2-10,17,19H,1H3/b8-4+. The number of aromatic hydroxyl groups is 2. The number of carbonyl (C=O) groups excluding carboxylic acids is 1. The Morgan fingerprint density at radius 2 is 1.80 bits per heavy atom. The first kappa shape index (κ1) is 13.7. The van der Waals surface area contributed by atoms with Gasteiger partial charge in [-0.3, -0.25) is 4.79 Å². The molecule has 0 spiro atoms. The van der Waals surface area contributed by atoms with Gasteiger partial charge < -0.3 is 14.9 Å². The van der Waals surface area contributed by atoms with Gasteiger partial charge in [0.1, 0.15) is 5.75 Å². The molecule has 0 bridgehead atoms. The lowest BCUT2D eigenvalue weighted by Gasteiger charge is -2.04. The van der Waals surface area contributed by atoms with E-state index in [0.29, 0.717) is 5.56 Å². The molecule has 20 heavy (non-hydrogen) atoms. The highest BCUT2D eigenvalue weighted by Gasteiger charge is 2.07. The van der Waals surface area contributed by atoms with Crippen LogP contribution in [0.3, 0.4) is 0 Å². The number of allylic oxidation sites excluding steroid dienone is 1. The van der Waals surface area contributed by atoms with Crippen molar-refractivity contribution >= 4 is 11.9 Å². The van der Waals surface area contributed by atoms with Crippen LogP contribution in [0.5, 0.6) is 17.2 Å². The number of hydrogen-bond donors (Lipinski definition) is 2. The summed E-state index contributed by atoms with van der Waals surface area (Å²) in [5.41, 5.74) is 1.23. The number of hydrogen-bond acceptors (Lipinski definition) is 4. The summed E-state index contributed by atoms with van der Waals surface area (Å²) in [5, 5.41) is 18.6. The predicted molar refractivity (Wildman–Crippen MR) is 76.1 cm³/mol. The third kappa shape index (κ3) is 3.17. The molecule has 102 valence electrons. The first-order valence-electron chi connectivity index (χ1n) is 5.98. The Morgan fingerprint density at radius 1 is 1.10 bits per heavy atom. The van der Waals surface area contributed by atoms with Gasteiger partial charge >= 0.3 is 0 Å². The van der Waals surface area contributed by atoms with Crippen molar-refractivity contribution in [3.8, 4) is 17.2 Å². The quantitative estimate of drug-likeness (QED) is 0.662. The summed E-state index contributed by atoms with van der Waals surface area (Å²) in [5.74, 6) is 0.230. The van der Waals surface area contributed by atoms with Crippen molar-refractivity contribution in [3.05, 3.63) is 59.7 Å². The van der Waals surface area contributed by atoms with Crippen molar-refractivity contribution in [2.75, 3.05) is 7.11 Å². The van der Waals surface area contributed by atoms with E-state index in [1.165, 1.54) is 31.4 Å². The number of phenolic OH excluding ortho intramolecular Hbond substituents is 2. The van der Waals surface area contributed by atoms with E-state index in [1.54, 1.807) is 30.3 Å². The Kier molecular flexibility index (Phi) is 4.05. The molecular formula is C16H14O4. The monoisotopic (exact) mass is 270 g/mol.